The van der Waals surface area contributed by atoms with Crippen molar-refractivity contribution in [3.63, 3.8) is 0 Å². The lowest BCUT2D eigenvalue weighted by Gasteiger charge is -1.93. The maximum Gasteiger partial charge on any atom is 0.292 e. The van der Waals surface area contributed by atoms with Crippen LogP contribution in [0, 0.1) is 11.3 Å². The first-order valence-corrected chi connectivity index (χ1v) is 4.01. The molecule has 0 bridgehead atoms. The Morgan fingerprint density at radius 3 is 2.50 bits per heavy atom. The number of aromatic nitrogens is 1. The quantitative estimate of drug-likeness (QED) is 0.734. The molecule has 0 saturated heterocycles. The second-order valence-corrected chi connectivity index (χ2v) is 2.76. The molecule has 2 N–H and O–H groups in total. The summed E-state index contributed by atoms with van der Waals surface area (Å²) in [5.74, 6) is 0. The molecule has 14 heavy (non-hydrogen) atoms. The molecule has 0 saturated carbocycles. The minimum Gasteiger partial charge on any atom is -0.432 e. The second kappa shape index (κ2) is 3.23. The van der Waals surface area contributed by atoms with Crippen LogP contribution in [0.5, 0.6) is 0 Å². The third kappa shape index (κ3) is 1.43. The van der Waals surface area contributed by atoms with Crippen molar-refractivity contribution < 1.29 is 4.42 Å². The molecule has 0 aliphatic heterocycles. The molecule has 0 fully saturated rings. The number of hydrogen-bond donors (Lipinski definition) is 1. The smallest absolute Gasteiger partial charge is 0.292 e. The van der Waals surface area contributed by atoms with Crippen LogP contribution in [0.15, 0.2) is 34.9 Å². The molecule has 4 nitrogen and oxygen atoms in total. The molecule has 0 amide bonds. The van der Waals surface area contributed by atoms with Gasteiger partial charge in [0, 0.05) is 5.56 Å². The van der Waals surface area contributed by atoms with Crippen LogP contribution in [0.1, 0.15) is 5.56 Å². The maximum atomic E-state index is 8.60. The van der Waals surface area contributed by atoms with E-state index in [9.17, 15) is 0 Å². The van der Waals surface area contributed by atoms with Crippen LogP contribution in [0.3, 0.4) is 0 Å². The van der Waals surface area contributed by atoms with Crippen molar-refractivity contribution >= 4 is 6.01 Å². The summed E-state index contributed by atoms with van der Waals surface area (Å²) in [6.45, 7) is 0. The number of nitriles is 1. The Balaban J connectivity index is 2.39. The third-order valence-corrected chi connectivity index (χ3v) is 1.83. The number of oxazole rings is 1. The standard InChI is InChI=1S/C10H7N3O/c11-5-7-1-3-8(4-2-7)9-6-14-10(12)13-9/h1-4,6H,(H2,12,13). The molecule has 68 valence electrons. The predicted octanol–water partition coefficient (Wildman–Crippen LogP) is 1.80. The molecule has 0 aliphatic rings. The lowest BCUT2D eigenvalue weighted by molar-refractivity contribution is 0.581. The molecule has 2 aromatic rings. The fraction of sp³-hybridized carbons (Fsp3) is 0. The van der Waals surface area contributed by atoms with Gasteiger partial charge in [0.15, 0.2) is 0 Å². The largest absolute Gasteiger partial charge is 0.432 e. The van der Waals surface area contributed by atoms with E-state index in [1.54, 1.807) is 24.3 Å². The maximum absolute atomic E-state index is 8.60. The Kier molecular flexibility index (Phi) is 1.92. The third-order valence-electron chi connectivity index (χ3n) is 1.83. The zero-order chi connectivity index (χ0) is 9.97. The first-order valence-electron chi connectivity index (χ1n) is 4.01. The molecule has 1 aromatic carbocycles. The molecule has 0 unspecified atom stereocenters. The zero-order valence-corrected chi connectivity index (χ0v) is 7.27. The van der Waals surface area contributed by atoms with E-state index < -0.39 is 0 Å². The lowest BCUT2D eigenvalue weighted by Crippen LogP contribution is -1.83. The fourth-order valence-corrected chi connectivity index (χ4v) is 1.14. The van der Waals surface area contributed by atoms with Crippen LogP contribution in [-0.4, -0.2) is 4.98 Å². The monoisotopic (exact) mass is 185 g/mol. The van der Waals surface area contributed by atoms with Crippen LogP contribution in [-0.2, 0) is 0 Å². The van der Waals surface area contributed by atoms with Gasteiger partial charge in [-0.3, -0.25) is 0 Å². The summed E-state index contributed by atoms with van der Waals surface area (Å²) in [6.07, 6.45) is 1.48. The van der Waals surface area contributed by atoms with Gasteiger partial charge in [0.2, 0.25) is 0 Å². The van der Waals surface area contributed by atoms with Gasteiger partial charge in [-0.25, -0.2) is 0 Å². The van der Waals surface area contributed by atoms with Gasteiger partial charge in [-0.05, 0) is 12.1 Å². The SMILES string of the molecule is N#Cc1ccc(-c2coc(N)n2)cc1. The molecule has 2 rings (SSSR count). The van der Waals surface area contributed by atoms with Gasteiger partial charge in [0.1, 0.15) is 12.0 Å². The van der Waals surface area contributed by atoms with Crippen LogP contribution < -0.4 is 5.73 Å². The van der Waals surface area contributed by atoms with Crippen molar-refractivity contribution in [1.82, 2.24) is 4.98 Å². The second-order valence-electron chi connectivity index (χ2n) is 2.76. The van der Waals surface area contributed by atoms with Crippen molar-refractivity contribution in [3.8, 4) is 17.3 Å². The number of nitrogens with zero attached hydrogens (tertiary/aromatic N) is 2. The number of anilines is 1. The molecule has 0 radical (unpaired) electrons. The molecule has 0 atom stereocenters. The van der Waals surface area contributed by atoms with Crippen molar-refractivity contribution in [2.75, 3.05) is 5.73 Å². The highest BCUT2D eigenvalue weighted by atomic mass is 16.4. The van der Waals surface area contributed by atoms with Crippen molar-refractivity contribution in [2.24, 2.45) is 0 Å². The first kappa shape index (κ1) is 8.32. The van der Waals surface area contributed by atoms with Crippen LogP contribution in [0.25, 0.3) is 11.3 Å². The molecule has 0 spiro atoms. The van der Waals surface area contributed by atoms with E-state index in [1.165, 1.54) is 6.26 Å². The highest BCUT2D eigenvalue weighted by Crippen LogP contribution is 2.19. The number of hydrogen-bond acceptors (Lipinski definition) is 4. The Hall–Kier alpha value is -2.28. The highest BCUT2D eigenvalue weighted by molar-refractivity contribution is 5.60. The number of nitrogen functional groups attached to an aromatic ring is 1. The number of benzene rings is 1. The van der Waals surface area contributed by atoms with Gasteiger partial charge in [-0.15, -0.1) is 0 Å². The topological polar surface area (TPSA) is 75.8 Å². The normalized spacial score (nSPS) is 9.64. The number of nitrogens with two attached hydrogens (primary N) is 1. The number of rotatable bonds is 1. The fourth-order valence-electron chi connectivity index (χ4n) is 1.14. The molecule has 0 aliphatic carbocycles. The first-order chi connectivity index (χ1) is 6.79. The molecule has 1 heterocycles. The zero-order valence-electron chi connectivity index (χ0n) is 7.27. The Labute approximate surface area is 80.6 Å². The van der Waals surface area contributed by atoms with Crippen LogP contribution in [0.2, 0.25) is 0 Å². The van der Waals surface area contributed by atoms with Gasteiger partial charge < -0.3 is 10.2 Å². The Morgan fingerprint density at radius 1 is 1.29 bits per heavy atom. The van der Waals surface area contributed by atoms with Crippen molar-refractivity contribution in [3.05, 3.63) is 36.1 Å². The molecule has 4 heteroatoms. The minimum atomic E-state index is 0.143. The van der Waals surface area contributed by atoms with Crippen LogP contribution in [0.4, 0.5) is 6.01 Å². The van der Waals surface area contributed by atoms with Gasteiger partial charge in [-0.2, -0.15) is 10.2 Å². The van der Waals surface area contributed by atoms with E-state index in [4.69, 9.17) is 15.4 Å². The summed E-state index contributed by atoms with van der Waals surface area (Å²) >= 11 is 0. The van der Waals surface area contributed by atoms with Crippen LogP contribution >= 0.6 is 0 Å². The average Bonchev–Trinajstić information content (AvgIpc) is 2.65. The van der Waals surface area contributed by atoms with Crippen molar-refractivity contribution in [1.29, 1.82) is 5.26 Å². The summed E-state index contributed by atoms with van der Waals surface area (Å²) in [7, 11) is 0. The lowest BCUT2D eigenvalue weighted by atomic mass is 10.1. The minimum absolute atomic E-state index is 0.143. The molecular formula is C10H7N3O. The van der Waals surface area contributed by atoms with Gasteiger partial charge in [0.05, 0.1) is 11.6 Å². The summed E-state index contributed by atoms with van der Waals surface area (Å²) in [6, 6.07) is 9.23. The van der Waals surface area contributed by atoms with E-state index in [0.29, 0.717) is 11.3 Å². The van der Waals surface area contributed by atoms with E-state index >= 15 is 0 Å². The summed E-state index contributed by atoms with van der Waals surface area (Å²) < 4.78 is 4.88. The molecule has 1 aromatic heterocycles. The van der Waals surface area contributed by atoms with E-state index in [2.05, 4.69) is 4.98 Å². The van der Waals surface area contributed by atoms with Crippen molar-refractivity contribution in [2.45, 2.75) is 0 Å². The Bertz CT molecular complexity index is 479. The Morgan fingerprint density at radius 2 is 2.00 bits per heavy atom. The van der Waals surface area contributed by atoms with E-state index in [0.717, 1.165) is 5.56 Å². The highest BCUT2D eigenvalue weighted by Gasteiger charge is 2.02. The predicted molar refractivity (Wildman–Crippen MR) is 51.1 cm³/mol. The van der Waals surface area contributed by atoms with E-state index in [-0.39, 0.29) is 6.01 Å². The van der Waals surface area contributed by atoms with Gasteiger partial charge >= 0.3 is 0 Å². The summed E-state index contributed by atoms with van der Waals surface area (Å²) in [4.78, 5) is 3.96. The van der Waals surface area contributed by atoms with Gasteiger partial charge in [0.25, 0.3) is 6.01 Å². The van der Waals surface area contributed by atoms with Gasteiger partial charge in [-0.1, -0.05) is 12.1 Å². The van der Waals surface area contributed by atoms with E-state index in [1.807, 2.05) is 6.07 Å². The summed E-state index contributed by atoms with van der Waals surface area (Å²) in [5, 5.41) is 8.60. The summed E-state index contributed by atoms with van der Waals surface area (Å²) in [5.41, 5.74) is 7.51. The average molecular weight is 185 g/mol. The molecular weight excluding hydrogens is 178 g/mol.